The molecule has 0 bridgehead atoms. The molecule has 1 heterocycles. The van der Waals surface area contributed by atoms with E-state index in [-0.39, 0.29) is 39.1 Å². The maximum absolute atomic E-state index is 12.8. The number of benzene rings is 1. The molecule has 0 amide bonds. The van der Waals surface area contributed by atoms with Crippen LogP contribution in [0, 0.1) is 5.92 Å². The summed E-state index contributed by atoms with van der Waals surface area (Å²) in [6.07, 6.45) is -4.21. The fourth-order valence-electron chi connectivity index (χ4n) is 2.58. The van der Waals surface area contributed by atoms with E-state index in [0.717, 1.165) is 22.5 Å². The number of carbonyl (C=O) groups is 1. The van der Waals surface area contributed by atoms with Crippen LogP contribution in [0.25, 0.3) is 0 Å². The first-order valence-electron chi connectivity index (χ1n) is 7.61. The summed E-state index contributed by atoms with van der Waals surface area (Å²) in [6.45, 7) is -0.398. The minimum atomic E-state index is -4.63. The number of hydrogen-bond acceptors (Lipinski definition) is 5. The maximum atomic E-state index is 12.8. The molecule has 0 radical (unpaired) electrons. The number of esters is 1. The fraction of sp³-hybridized carbons (Fsp3) is 0.533. The zero-order chi connectivity index (χ0) is 18.7. The molecule has 2 rings (SSSR count). The highest BCUT2D eigenvalue weighted by Gasteiger charge is 2.35. The third kappa shape index (κ3) is 4.71. The van der Waals surface area contributed by atoms with Gasteiger partial charge in [-0.2, -0.15) is 17.5 Å². The molecule has 0 atom stereocenters. The van der Waals surface area contributed by atoms with Crippen molar-refractivity contribution < 1.29 is 36.2 Å². The first-order valence-corrected chi connectivity index (χ1v) is 9.05. The molecule has 1 aromatic rings. The SMILES string of the molecule is O=C(OCCO)C1CCN(S(=O)(=O)c2cccc(C(F)(F)F)c2)CC1. The van der Waals surface area contributed by atoms with Crippen LogP contribution in [0.1, 0.15) is 18.4 Å². The highest BCUT2D eigenvalue weighted by molar-refractivity contribution is 7.89. The Bertz CT molecular complexity index is 712. The molecule has 0 unspecified atom stereocenters. The topological polar surface area (TPSA) is 83.9 Å². The summed E-state index contributed by atoms with van der Waals surface area (Å²) in [5, 5.41) is 8.62. The number of carbonyl (C=O) groups excluding carboxylic acids is 1. The van der Waals surface area contributed by atoms with E-state index >= 15 is 0 Å². The van der Waals surface area contributed by atoms with Crippen LogP contribution in [-0.2, 0) is 25.7 Å². The molecule has 1 aliphatic heterocycles. The molecule has 1 fully saturated rings. The number of nitrogens with zero attached hydrogens (tertiary/aromatic N) is 1. The van der Waals surface area contributed by atoms with Gasteiger partial charge in [0, 0.05) is 13.1 Å². The van der Waals surface area contributed by atoms with Gasteiger partial charge in [0.2, 0.25) is 10.0 Å². The number of aliphatic hydroxyl groups is 1. The van der Waals surface area contributed by atoms with Crippen LogP contribution in [-0.4, -0.2) is 50.1 Å². The molecule has 0 saturated carbocycles. The number of alkyl halides is 3. The lowest BCUT2D eigenvalue weighted by Gasteiger charge is -2.30. The average molecular weight is 381 g/mol. The van der Waals surface area contributed by atoms with Crippen molar-refractivity contribution >= 4 is 16.0 Å². The molecular weight excluding hydrogens is 363 g/mol. The Morgan fingerprint density at radius 2 is 1.92 bits per heavy atom. The van der Waals surface area contributed by atoms with Crippen molar-refractivity contribution in [3.63, 3.8) is 0 Å². The molecule has 1 N–H and O–H groups in total. The number of aliphatic hydroxyl groups excluding tert-OH is 1. The van der Waals surface area contributed by atoms with Gasteiger partial charge < -0.3 is 9.84 Å². The van der Waals surface area contributed by atoms with Crippen LogP contribution in [0.4, 0.5) is 13.2 Å². The zero-order valence-electron chi connectivity index (χ0n) is 13.2. The smallest absolute Gasteiger partial charge is 0.416 e. The van der Waals surface area contributed by atoms with Gasteiger partial charge in [0.1, 0.15) is 6.61 Å². The van der Waals surface area contributed by atoms with Gasteiger partial charge in [-0.05, 0) is 31.0 Å². The van der Waals surface area contributed by atoms with Crippen LogP contribution in [0.15, 0.2) is 29.2 Å². The second-order valence-corrected chi connectivity index (χ2v) is 7.53. The van der Waals surface area contributed by atoms with Gasteiger partial charge in [0.15, 0.2) is 0 Å². The predicted molar refractivity (Wildman–Crippen MR) is 81.0 cm³/mol. The van der Waals surface area contributed by atoms with Crippen LogP contribution in [0.3, 0.4) is 0 Å². The minimum absolute atomic E-state index is 0.0114. The van der Waals surface area contributed by atoms with Crippen LogP contribution < -0.4 is 0 Å². The van der Waals surface area contributed by atoms with Gasteiger partial charge in [0.25, 0.3) is 0 Å². The number of hydrogen-bond donors (Lipinski definition) is 1. The summed E-state index contributed by atoms with van der Waals surface area (Å²) >= 11 is 0. The zero-order valence-corrected chi connectivity index (χ0v) is 14.0. The molecule has 25 heavy (non-hydrogen) atoms. The number of sulfonamides is 1. The number of piperidine rings is 1. The third-order valence-electron chi connectivity index (χ3n) is 3.92. The van der Waals surface area contributed by atoms with Crippen molar-refractivity contribution in [1.82, 2.24) is 4.31 Å². The lowest BCUT2D eigenvalue weighted by Crippen LogP contribution is -2.40. The Labute approximate surface area is 143 Å². The first-order chi connectivity index (χ1) is 11.7. The van der Waals surface area contributed by atoms with Gasteiger partial charge in [-0.25, -0.2) is 8.42 Å². The third-order valence-corrected chi connectivity index (χ3v) is 5.82. The van der Waals surface area contributed by atoms with Crippen LogP contribution >= 0.6 is 0 Å². The van der Waals surface area contributed by atoms with Crippen molar-refractivity contribution in [1.29, 1.82) is 0 Å². The normalized spacial score (nSPS) is 17.4. The van der Waals surface area contributed by atoms with E-state index in [4.69, 9.17) is 9.84 Å². The Morgan fingerprint density at radius 3 is 2.48 bits per heavy atom. The number of ether oxygens (including phenoxy) is 1. The molecular formula is C15H18F3NO5S. The van der Waals surface area contributed by atoms with E-state index in [1.54, 1.807) is 0 Å². The van der Waals surface area contributed by atoms with E-state index < -0.39 is 38.5 Å². The quantitative estimate of drug-likeness (QED) is 0.784. The van der Waals surface area contributed by atoms with Crippen LogP contribution in [0.5, 0.6) is 0 Å². The largest absolute Gasteiger partial charge is 0.463 e. The molecule has 1 aromatic carbocycles. The van der Waals surface area contributed by atoms with Crippen molar-refractivity contribution in [3.8, 4) is 0 Å². The minimum Gasteiger partial charge on any atom is -0.463 e. The summed E-state index contributed by atoms with van der Waals surface area (Å²) in [7, 11) is -4.07. The average Bonchev–Trinajstić information content (AvgIpc) is 2.59. The molecule has 1 aliphatic rings. The van der Waals surface area contributed by atoms with Crippen LogP contribution in [0.2, 0.25) is 0 Å². The van der Waals surface area contributed by atoms with Gasteiger partial charge in [-0.15, -0.1) is 0 Å². The second kappa shape index (κ2) is 7.71. The summed E-state index contributed by atoms with van der Waals surface area (Å²) in [5.74, 6) is -0.996. The molecule has 6 nitrogen and oxygen atoms in total. The lowest BCUT2D eigenvalue weighted by molar-refractivity contribution is -0.150. The summed E-state index contributed by atoms with van der Waals surface area (Å²) < 4.78 is 69.2. The van der Waals surface area contributed by atoms with Crippen molar-refractivity contribution in [2.75, 3.05) is 26.3 Å². The van der Waals surface area contributed by atoms with Gasteiger partial charge in [0.05, 0.1) is 23.0 Å². The van der Waals surface area contributed by atoms with Gasteiger partial charge in [-0.3, -0.25) is 4.79 Å². The van der Waals surface area contributed by atoms with Crippen molar-refractivity contribution in [2.24, 2.45) is 5.92 Å². The van der Waals surface area contributed by atoms with E-state index in [0.29, 0.717) is 6.07 Å². The standard InChI is InChI=1S/C15H18F3NO5S/c16-15(17,18)12-2-1-3-13(10-12)25(22,23)19-6-4-11(5-7-19)14(21)24-9-8-20/h1-3,10-11,20H,4-9H2. The summed E-state index contributed by atoms with van der Waals surface area (Å²) in [6, 6.07) is 3.58. The highest BCUT2D eigenvalue weighted by Crippen LogP contribution is 2.32. The lowest BCUT2D eigenvalue weighted by atomic mass is 9.98. The first kappa shape index (κ1) is 19.7. The molecule has 140 valence electrons. The fourth-order valence-corrected chi connectivity index (χ4v) is 4.09. The Morgan fingerprint density at radius 1 is 1.28 bits per heavy atom. The van der Waals surface area contributed by atoms with E-state index in [2.05, 4.69) is 0 Å². The Hall–Kier alpha value is -1.65. The maximum Gasteiger partial charge on any atom is 0.416 e. The Kier molecular flexibility index (Phi) is 6.07. The highest BCUT2D eigenvalue weighted by atomic mass is 32.2. The van der Waals surface area contributed by atoms with E-state index in [1.165, 1.54) is 0 Å². The molecule has 0 aliphatic carbocycles. The predicted octanol–water partition coefficient (Wildman–Crippen LogP) is 1.64. The van der Waals surface area contributed by atoms with Gasteiger partial charge >= 0.3 is 12.1 Å². The Balaban J connectivity index is 2.08. The number of rotatable bonds is 5. The number of halogens is 3. The second-order valence-electron chi connectivity index (χ2n) is 5.60. The van der Waals surface area contributed by atoms with Crippen molar-refractivity contribution in [3.05, 3.63) is 29.8 Å². The van der Waals surface area contributed by atoms with E-state index in [1.807, 2.05) is 0 Å². The van der Waals surface area contributed by atoms with Crippen molar-refractivity contribution in [2.45, 2.75) is 23.9 Å². The van der Waals surface area contributed by atoms with Gasteiger partial charge in [-0.1, -0.05) is 6.07 Å². The van der Waals surface area contributed by atoms with E-state index in [9.17, 15) is 26.4 Å². The molecule has 10 heteroatoms. The molecule has 0 aromatic heterocycles. The summed E-state index contributed by atoms with van der Waals surface area (Å²) in [4.78, 5) is 11.3. The monoisotopic (exact) mass is 381 g/mol. The molecule has 0 spiro atoms. The summed E-state index contributed by atoms with van der Waals surface area (Å²) in [5.41, 5.74) is -1.03. The molecule has 1 saturated heterocycles.